The van der Waals surface area contributed by atoms with Gasteiger partial charge in [0.2, 0.25) is 0 Å². The zero-order valence-corrected chi connectivity index (χ0v) is 8.84. The summed E-state index contributed by atoms with van der Waals surface area (Å²) in [7, 11) is 0. The molecule has 1 aliphatic rings. The van der Waals surface area contributed by atoms with Crippen LogP contribution in [0.25, 0.3) is 0 Å². The Morgan fingerprint density at radius 3 is 1.92 bits per heavy atom. The van der Waals surface area contributed by atoms with E-state index in [1.807, 2.05) is 0 Å². The maximum absolute atomic E-state index is 3.84. The smallest absolute Gasteiger partial charge is 0.0322 e. The van der Waals surface area contributed by atoms with Gasteiger partial charge in [0.15, 0.2) is 0 Å². The topological polar surface area (TPSA) is 0 Å². The molecule has 13 heavy (non-hydrogen) atoms. The van der Waals surface area contributed by atoms with Crippen molar-refractivity contribution >= 4 is 0 Å². The molecule has 0 aliphatic heterocycles. The van der Waals surface area contributed by atoms with Crippen LogP contribution in [-0.4, -0.2) is 0 Å². The first-order valence-corrected chi connectivity index (χ1v) is 5.51. The van der Waals surface area contributed by atoms with Crippen molar-refractivity contribution in [2.45, 2.75) is 39.0 Å². The first kappa shape index (κ1) is 10.6. The van der Waals surface area contributed by atoms with E-state index in [0.717, 1.165) is 17.8 Å². The van der Waals surface area contributed by atoms with Crippen LogP contribution in [-0.2, 0) is 0 Å². The third-order valence-electron chi connectivity index (χ3n) is 3.58. The number of hydrogen-bond acceptors (Lipinski definition) is 0. The van der Waals surface area contributed by atoms with Gasteiger partial charge in [-0.1, -0.05) is 25.5 Å². The summed E-state index contributed by atoms with van der Waals surface area (Å²) in [5.41, 5.74) is 0. The molecular weight excluding hydrogens is 156 g/mol. The fraction of sp³-hybridized carbons (Fsp3) is 0.692. The van der Waals surface area contributed by atoms with Crippen molar-refractivity contribution in [2.24, 2.45) is 17.8 Å². The Bertz CT molecular complexity index is 151. The molecule has 0 aromatic rings. The van der Waals surface area contributed by atoms with Crippen LogP contribution in [0.15, 0.2) is 25.3 Å². The van der Waals surface area contributed by atoms with E-state index in [2.05, 4.69) is 32.2 Å². The van der Waals surface area contributed by atoms with Crippen LogP contribution in [0.4, 0.5) is 0 Å². The molecule has 0 heterocycles. The van der Waals surface area contributed by atoms with Gasteiger partial charge in [-0.3, -0.25) is 0 Å². The van der Waals surface area contributed by atoms with Gasteiger partial charge in [0, 0.05) is 0 Å². The molecule has 74 valence electrons. The molecule has 0 nitrogen and oxygen atoms in total. The number of hydrogen-bond donors (Lipinski definition) is 0. The third kappa shape index (κ3) is 2.72. The van der Waals surface area contributed by atoms with Gasteiger partial charge in [-0.2, -0.15) is 0 Å². The summed E-state index contributed by atoms with van der Waals surface area (Å²) in [5, 5.41) is 0. The molecule has 0 spiro atoms. The largest absolute Gasteiger partial charge is 0.103 e. The Labute approximate surface area is 82.7 Å². The molecule has 0 heteroatoms. The maximum Gasteiger partial charge on any atom is -0.0322 e. The maximum atomic E-state index is 3.84. The molecule has 0 aromatic heterocycles. The Morgan fingerprint density at radius 2 is 1.54 bits per heavy atom. The lowest BCUT2D eigenvalue weighted by atomic mass is 9.70. The summed E-state index contributed by atoms with van der Waals surface area (Å²) in [6.45, 7) is 10.1. The van der Waals surface area contributed by atoms with E-state index in [9.17, 15) is 0 Å². The number of allylic oxidation sites excluding steroid dienone is 2. The summed E-state index contributed by atoms with van der Waals surface area (Å²) >= 11 is 0. The zero-order chi connectivity index (χ0) is 9.68. The lowest BCUT2D eigenvalue weighted by Gasteiger charge is -2.35. The van der Waals surface area contributed by atoms with E-state index in [1.165, 1.54) is 32.1 Å². The third-order valence-corrected chi connectivity index (χ3v) is 3.58. The van der Waals surface area contributed by atoms with Crippen LogP contribution < -0.4 is 0 Å². The Balaban J connectivity index is 2.48. The van der Waals surface area contributed by atoms with Crippen LogP contribution in [0, 0.1) is 17.8 Å². The predicted molar refractivity (Wildman–Crippen MR) is 59.6 cm³/mol. The Kier molecular flexibility index (Phi) is 4.27. The van der Waals surface area contributed by atoms with Crippen molar-refractivity contribution in [1.82, 2.24) is 0 Å². The van der Waals surface area contributed by atoms with Crippen LogP contribution in [0.1, 0.15) is 39.0 Å². The molecule has 0 aromatic carbocycles. The molecule has 0 N–H and O–H groups in total. The minimum absolute atomic E-state index is 0.866. The Morgan fingerprint density at radius 1 is 1.08 bits per heavy atom. The van der Waals surface area contributed by atoms with Gasteiger partial charge in [-0.15, -0.1) is 13.2 Å². The molecule has 0 radical (unpaired) electrons. The van der Waals surface area contributed by atoms with Gasteiger partial charge < -0.3 is 0 Å². The highest BCUT2D eigenvalue weighted by Gasteiger charge is 2.27. The average Bonchev–Trinajstić information content (AvgIpc) is 2.13. The highest BCUT2D eigenvalue weighted by atomic mass is 14.3. The van der Waals surface area contributed by atoms with Crippen molar-refractivity contribution in [1.29, 1.82) is 0 Å². The van der Waals surface area contributed by atoms with Gasteiger partial charge in [0.1, 0.15) is 0 Å². The normalized spacial score (nSPS) is 34.1. The average molecular weight is 178 g/mol. The van der Waals surface area contributed by atoms with Crippen LogP contribution >= 0.6 is 0 Å². The monoisotopic (exact) mass is 178 g/mol. The minimum atomic E-state index is 0.866. The van der Waals surface area contributed by atoms with Crippen LogP contribution in [0.2, 0.25) is 0 Å². The fourth-order valence-corrected chi connectivity index (χ4v) is 2.65. The van der Waals surface area contributed by atoms with Crippen molar-refractivity contribution in [3.8, 4) is 0 Å². The van der Waals surface area contributed by atoms with E-state index in [-0.39, 0.29) is 0 Å². The quantitative estimate of drug-likeness (QED) is 0.566. The molecule has 0 saturated heterocycles. The molecule has 2 unspecified atom stereocenters. The fourth-order valence-electron chi connectivity index (χ4n) is 2.65. The summed E-state index contributed by atoms with van der Waals surface area (Å²) < 4.78 is 0. The molecule has 1 saturated carbocycles. The van der Waals surface area contributed by atoms with Crippen molar-refractivity contribution in [3.63, 3.8) is 0 Å². The summed E-state index contributed by atoms with van der Waals surface area (Å²) in [6.07, 6.45) is 10.8. The first-order valence-electron chi connectivity index (χ1n) is 5.51. The van der Waals surface area contributed by atoms with Crippen LogP contribution in [0.5, 0.6) is 0 Å². The van der Waals surface area contributed by atoms with Gasteiger partial charge >= 0.3 is 0 Å². The molecular formula is C13H22. The zero-order valence-electron chi connectivity index (χ0n) is 8.84. The van der Waals surface area contributed by atoms with Crippen molar-refractivity contribution in [3.05, 3.63) is 25.3 Å². The van der Waals surface area contributed by atoms with E-state index in [1.54, 1.807) is 0 Å². The molecule has 1 aliphatic carbocycles. The van der Waals surface area contributed by atoms with Gasteiger partial charge in [0.05, 0.1) is 0 Å². The van der Waals surface area contributed by atoms with Crippen molar-refractivity contribution in [2.75, 3.05) is 0 Å². The van der Waals surface area contributed by atoms with E-state index < -0.39 is 0 Å². The lowest BCUT2D eigenvalue weighted by molar-refractivity contribution is 0.171. The van der Waals surface area contributed by atoms with Gasteiger partial charge in [-0.05, 0) is 43.4 Å². The SMILES string of the molecule is C=CCC1CCCC(CC=C)C1C. The Hall–Kier alpha value is -0.520. The molecule has 0 amide bonds. The second kappa shape index (κ2) is 5.26. The second-order valence-electron chi connectivity index (χ2n) is 4.36. The minimum Gasteiger partial charge on any atom is -0.103 e. The predicted octanol–water partition coefficient (Wildman–Crippen LogP) is 4.19. The van der Waals surface area contributed by atoms with Gasteiger partial charge in [0.25, 0.3) is 0 Å². The molecule has 1 rings (SSSR count). The highest BCUT2D eigenvalue weighted by Crippen LogP contribution is 2.38. The van der Waals surface area contributed by atoms with Gasteiger partial charge in [-0.25, -0.2) is 0 Å². The summed E-state index contributed by atoms with van der Waals surface area (Å²) in [4.78, 5) is 0. The lowest BCUT2D eigenvalue weighted by Crippen LogP contribution is -2.25. The summed E-state index contributed by atoms with van der Waals surface area (Å²) in [5.74, 6) is 2.64. The molecule has 2 atom stereocenters. The van der Waals surface area contributed by atoms with E-state index in [0.29, 0.717) is 0 Å². The molecule has 0 bridgehead atoms. The first-order chi connectivity index (χ1) is 6.29. The molecule has 1 fully saturated rings. The van der Waals surface area contributed by atoms with E-state index in [4.69, 9.17) is 0 Å². The van der Waals surface area contributed by atoms with Crippen LogP contribution in [0.3, 0.4) is 0 Å². The van der Waals surface area contributed by atoms with E-state index >= 15 is 0 Å². The highest BCUT2D eigenvalue weighted by molar-refractivity contribution is 4.86. The summed E-state index contributed by atoms with van der Waals surface area (Å²) in [6, 6.07) is 0. The number of rotatable bonds is 4. The standard InChI is InChI=1S/C13H22/c1-4-7-12-9-6-10-13(8-5-2)11(12)3/h4-5,11-13H,1-2,6-10H2,3H3. The van der Waals surface area contributed by atoms with Crippen molar-refractivity contribution < 1.29 is 0 Å². The second-order valence-corrected chi connectivity index (χ2v) is 4.36.